The highest BCUT2D eigenvalue weighted by Crippen LogP contribution is 2.71. The van der Waals surface area contributed by atoms with Crippen molar-refractivity contribution < 1.29 is 15.3 Å². The summed E-state index contributed by atoms with van der Waals surface area (Å²) in [5.41, 5.74) is -0.242. The minimum Gasteiger partial charge on any atom is -0.396 e. The Bertz CT molecular complexity index is 522. The first-order chi connectivity index (χ1) is 12.3. The normalized spacial score (nSPS) is 53.2. The lowest BCUT2D eigenvalue weighted by Crippen LogP contribution is -2.60. The number of rotatable bonds is 5. The molecular weight excluding hydrogens is 324 g/mol. The lowest BCUT2D eigenvalue weighted by molar-refractivity contribution is -0.192. The minimum atomic E-state index is -0.546. The third-order valence-electron chi connectivity index (χ3n) is 9.11. The van der Waals surface area contributed by atoms with E-state index in [1.807, 2.05) is 0 Å². The second-order valence-electron chi connectivity index (χ2n) is 11.0. The molecule has 1 spiro atoms. The molecule has 0 aromatic heterocycles. The molecule has 4 rings (SSSR count). The third-order valence-corrected chi connectivity index (χ3v) is 9.11. The van der Waals surface area contributed by atoms with Gasteiger partial charge in [-0.2, -0.15) is 0 Å². The zero-order valence-corrected chi connectivity index (χ0v) is 16.9. The molecule has 2 bridgehead atoms. The molecule has 0 heterocycles. The smallest absolute Gasteiger partial charge is 0.0685 e. The van der Waals surface area contributed by atoms with Crippen molar-refractivity contribution in [2.75, 3.05) is 6.61 Å². The monoisotopic (exact) mass is 364 g/mol. The molecule has 0 radical (unpaired) electrons. The highest BCUT2D eigenvalue weighted by Gasteiger charge is 2.68. The predicted octanol–water partition coefficient (Wildman–Crippen LogP) is 4.28. The Morgan fingerprint density at radius 2 is 1.77 bits per heavy atom. The molecule has 3 N–H and O–H groups in total. The van der Waals surface area contributed by atoms with Crippen LogP contribution in [0.15, 0.2) is 0 Å². The van der Waals surface area contributed by atoms with Gasteiger partial charge in [-0.25, -0.2) is 0 Å². The van der Waals surface area contributed by atoms with E-state index in [0.717, 1.165) is 44.9 Å². The highest BCUT2D eigenvalue weighted by molar-refractivity contribution is 5.17. The van der Waals surface area contributed by atoms with Crippen molar-refractivity contribution >= 4 is 0 Å². The molecule has 4 saturated carbocycles. The van der Waals surface area contributed by atoms with Crippen LogP contribution in [0.2, 0.25) is 0 Å². The SMILES string of the molecule is CCCCC[C@@H]1C[C@]2(C[C@H]1CO)C[C@@H]1[C@H]2[C@@H](O)C[C@]2(C)CCC[C@@]1(O)C2. The Morgan fingerprint density at radius 1 is 1.00 bits per heavy atom. The Labute approximate surface area is 159 Å². The van der Waals surface area contributed by atoms with Gasteiger partial charge in [-0.3, -0.25) is 0 Å². The van der Waals surface area contributed by atoms with Crippen molar-refractivity contribution in [3.05, 3.63) is 0 Å². The first-order valence-electron chi connectivity index (χ1n) is 11.4. The highest BCUT2D eigenvalue weighted by atomic mass is 16.3. The maximum atomic E-state index is 11.5. The van der Waals surface area contributed by atoms with Crippen LogP contribution in [0.4, 0.5) is 0 Å². The van der Waals surface area contributed by atoms with Gasteiger partial charge in [0.25, 0.3) is 0 Å². The van der Waals surface area contributed by atoms with Crippen molar-refractivity contribution in [2.24, 2.45) is 34.5 Å². The second-order valence-corrected chi connectivity index (χ2v) is 11.0. The van der Waals surface area contributed by atoms with Gasteiger partial charge >= 0.3 is 0 Å². The van der Waals surface area contributed by atoms with Gasteiger partial charge in [-0.1, -0.05) is 46.0 Å². The van der Waals surface area contributed by atoms with E-state index in [9.17, 15) is 15.3 Å². The van der Waals surface area contributed by atoms with Crippen molar-refractivity contribution in [1.82, 2.24) is 0 Å². The molecule has 0 aliphatic heterocycles. The van der Waals surface area contributed by atoms with Gasteiger partial charge in [0.05, 0.1) is 11.7 Å². The molecule has 150 valence electrons. The fourth-order valence-corrected chi connectivity index (χ4v) is 8.14. The number of aliphatic hydroxyl groups excluding tert-OH is 2. The van der Waals surface area contributed by atoms with Gasteiger partial charge in [0.2, 0.25) is 0 Å². The molecule has 0 unspecified atom stereocenters. The molecular formula is C23H40O3. The van der Waals surface area contributed by atoms with Crippen LogP contribution in [-0.2, 0) is 0 Å². The number of fused-ring (bicyclic) bond motifs is 5. The van der Waals surface area contributed by atoms with Crippen LogP contribution in [0.3, 0.4) is 0 Å². The van der Waals surface area contributed by atoms with Crippen LogP contribution >= 0.6 is 0 Å². The zero-order valence-electron chi connectivity index (χ0n) is 16.9. The zero-order chi connectivity index (χ0) is 18.6. The largest absolute Gasteiger partial charge is 0.396 e. The van der Waals surface area contributed by atoms with Gasteiger partial charge in [0, 0.05) is 6.61 Å². The molecule has 4 aliphatic carbocycles. The minimum absolute atomic E-state index is 0.112. The molecule has 3 heteroatoms. The number of hydrogen-bond acceptors (Lipinski definition) is 3. The lowest BCUT2D eigenvalue weighted by Gasteiger charge is -2.60. The van der Waals surface area contributed by atoms with Crippen LogP contribution in [0, 0.1) is 34.5 Å². The molecule has 8 atom stereocenters. The molecule has 4 fully saturated rings. The van der Waals surface area contributed by atoms with E-state index in [1.54, 1.807) is 0 Å². The van der Waals surface area contributed by atoms with Crippen LogP contribution in [0.5, 0.6) is 0 Å². The van der Waals surface area contributed by atoms with Gasteiger partial charge in [-0.15, -0.1) is 0 Å². The third kappa shape index (κ3) is 2.97. The molecule has 26 heavy (non-hydrogen) atoms. The summed E-state index contributed by atoms with van der Waals surface area (Å²) < 4.78 is 0. The summed E-state index contributed by atoms with van der Waals surface area (Å²) in [5, 5.41) is 32.7. The summed E-state index contributed by atoms with van der Waals surface area (Å²) in [7, 11) is 0. The molecule has 3 nitrogen and oxygen atoms in total. The summed E-state index contributed by atoms with van der Waals surface area (Å²) >= 11 is 0. The molecule has 0 amide bonds. The number of aliphatic hydroxyl groups is 3. The van der Waals surface area contributed by atoms with E-state index >= 15 is 0 Å². The van der Waals surface area contributed by atoms with Crippen LogP contribution in [0.1, 0.15) is 90.9 Å². The van der Waals surface area contributed by atoms with Gasteiger partial charge < -0.3 is 15.3 Å². The maximum Gasteiger partial charge on any atom is 0.0685 e. The first kappa shape index (κ1) is 19.2. The Hall–Kier alpha value is -0.120. The maximum absolute atomic E-state index is 11.5. The molecule has 0 saturated heterocycles. The topological polar surface area (TPSA) is 60.7 Å². The first-order valence-corrected chi connectivity index (χ1v) is 11.4. The number of unbranched alkanes of at least 4 members (excludes halogenated alkanes) is 2. The summed E-state index contributed by atoms with van der Waals surface area (Å²) in [6.07, 6.45) is 13.0. The van der Waals surface area contributed by atoms with Crippen molar-refractivity contribution in [3.63, 3.8) is 0 Å². The fraction of sp³-hybridized carbons (Fsp3) is 1.00. The number of hydrogen-bond donors (Lipinski definition) is 3. The van der Waals surface area contributed by atoms with Gasteiger partial charge in [0.1, 0.15) is 0 Å². The Kier molecular flexibility index (Phi) is 4.98. The van der Waals surface area contributed by atoms with Crippen molar-refractivity contribution in [1.29, 1.82) is 0 Å². The Morgan fingerprint density at radius 3 is 2.50 bits per heavy atom. The van der Waals surface area contributed by atoms with E-state index in [4.69, 9.17) is 0 Å². The van der Waals surface area contributed by atoms with Crippen molar-refractivity contribution in [2.45, 2.75) is 103 Å². The summed E-state index contributed by atoms with van der Waals surface area (Å²) in [4.78, 5) is 0. The molecule has 4 aliphatic rings. The van der Waals surface area contributed by atoms with E-state index in [2.05, 4.69) is 13.8 Å². The van der Waals surface area contributed by atoms with Crippen LogP contribution in [-0.4, -0.2) is 33.6 Å². The quantitative estimate of drug-likeness (QED) is 0.638. The average molecular weight is 365 g/mol. The van der Waals surface area contributed by atoms with Crippen molar-refractivity contribution in [3.8, 4) is 0 Å². The van der Waals surface area contributed by atoms with Crippen LogP contribution < -0.4 is 0 Å². The molecule has 0 aromatic rings. The van der Waals surface area contributed by atoms with E-state index in [1.165, 1.54) is 32.1 Å². The lowest BCUT2D eigenvalue weighted by atomic mass is 9.46. The fourth-order valence-electron chi connectivity index (χ4n) is 8.14. The Balaban J connectivity index is 1.54. The van der Waals surface area contributed by atoms with E-state index < -0.39 is 5.60 Å². The summed E-state index contributed by atoms with van der Waals surface area (Å²) in [6, 6.07) is 0. The summed E-state index contributed by atoms with van der Waals surface area (Å²) in [5.74, 6) is 1.58. The average Bonchev–Trinajstić information content (AvgIpc) is 2.90. The predicted molar refractivity (Wildman–Crippen MR) is 104 cm³/mol. The molecule has 0 aromatic carbocycles. The standard InChI is InChI=1S/C23H40O3/c1-3-4-5-7-16-10-22(11-17(16)14-24)12-18-20(22)19(25)13-21(2)8-6-9-23(18,26)15-21/h16-20,24-26H,3-15H2,1-2H3/t16-,17+,18-,19+,20+,21+,22+,23-/m1/s1. The van der Waals surface area contributed by atoms with E-state index in [0.29, 0.717) is 18.4 Å². The van der Waals surface area contributed by atoms with Gasteiger partial charge in [-0.05, 0) is 79.4 Å². The van der Waals surface area contributed by atoms with Crippen LogP contribution in [0.25, 0.3) is 0 Å². The van der Waals surface area contributed by atoms with E-state index in [-0.39, 0.29) is 28.8 Å². The second kappa shape index (κ2) is 6.74. The van der Waals surface area contributed by atoms with Gasteiger partial charge in [0.15, 0.2) is 0 Å². The summed E-state index contributed by atoms with van der Waals surface area (Å²) in [6.45, 7) is 4.84.